The third kappa shape index (κ3) is 5.61. The molecule has 148 valence electrons. The minimum absolute atomic E-state index is 0.191. The quantitative estimate of drug-likeness (QED) is 0.347. The van der Waals surface area contributed by atoms with Crippen LogP contribution in [0.15, 0.2) is 47.5 Å². The Kier molecular flexibility index (Phi) is 7.14. The minimum atomic E-state index is -0.790. The number of fused-ring (bicyclic) bond motifs is 1. The van der Waals surface area contributed by atoms with E-state index >= 15 is 0 Å². The van der Waals surface area contributed by atoms with Crippen molar-refractivity contribution in [2.75, 3.05) is 19.6 Å². The van der Waals surface area contributed by atoms with Crippen LogP contribution in [0.2, 0.25) is 10.0 Å². The Morgan fingerprint density at radius 2 is 1.93 bits per heavy atom. The number of imidazole rings is 1. The van der Waals surface area contributed by atoms with Gasteiger partial charge in [0.05, 0.1) is 23.7 Å². The van der Waals surface area contributed by atoms with E-state index in [-0.39, 0.29) is 6.54 Å². The third-order valence-corrected chi connectivity index (χ3v) is 4.57. The van der Waals surface area contributed by atoms with Crippen LogP contribution in [0, 0.1) is 0 Å². The first-order valence-electron chi connectivity index (χ1n) is 9.15. The molecule has 0 aliphatic carbocycles. The summed E-state index contributed by atoms with van der Waals surface area (Å²) in [5, 5.41) is 17.8. The van der Waals surface area contributed by atoms with Gasteiger partial charge in [-0.2, -0.15) is 0 Å². The van der Waals surface area contributed by atoms with Crippen molar-refractivity contribution in [3.63, 3.8) is 0 Å². The zero-order valence-electron chi connectivity index (χ0n) is 15.5. The normalized spacial score (nSPS) is 12.9. The van der Waals surface area contributed by atoms with Gasteiger partial charge in [0.25, 0.3) is 0 Å². The van der Waals surface area contributed by atoms with Crippen LogP contribution in [0.1, 0.15) is 24.4 Å². The average Bonchev–Trinajstić information content (AvgIpc) is 3.07. The van der Waals surface area contributed by atoms with Gasteiger partial charge in [0.2, 0.25) is 0 Å². The van der Waals surface area contributed by atoms with Gasteiger partial charge in [-0.25, -0.2) is 4.98 Å². The summed E-state index contributed by atoms with van der Waals surface area (Å²) in [4.78, 5) is 12.3. The highest BCUT2D eigenvalue weighted by Gasteiger charge is 2.10. The molecule has 6 nitrogen and oxygen atoms in total. The second-order valence-electron chi connectivity index (χ2n) is 6.32. The van der Waals surface area contributed by atoms with Gasteiger partial charge < -0.3 is 20.7 Å². The first-order valence-corrected chi connectivity index (χ1v) is 9.90. The van der Waals surface area contributed by atoms with E-state index in [4.69, 9.17) is 23.2 Å². The molecule has 0 saturated heterocycles. The van der Waals surface area contributed by atoms with Crippen LogP contribution in [0.5, 0.6) is 0 Å². The van der Waals surface area contributed by atoms with Crippen molar-refractivity contribution < 1.29 is 5.11 Å². The van der Waals surface area contributed by atoms with Gasteiger partial charge >= 0.3 is 0 Å². The number of guanidine groups is 1. The van der Waals surface area contributed by atoms with Crippen LogP contribution < -0.4 is 10.6 Å². The molecule has 1 unspecified atom stereocenters. The monoisotopic (exact) mass is 419 g/mol. The number of nitrogens with one attached hydrogen (secondary N) is 3. The average molecular weight is 420 g/mol. The van der Waals surface area contributed by atoms with Crippen molar-refractivity contribution in [3.05, 3.63) is 63.9 Å². The summed E-state index contributed by atoms with van der Waals surface area (Å²) in [5.74, 6) is 1.55. The van der Waals surface area contributed by atoms with Crippen LogP contribution in [0.4, 0.5) is 0 Å². The molecule has 0 fully saturated rings. The predicted octanol–water partition coefficient (Wildman–Crippen LogP) is 3.70. The molecule has 0 bridgehead atoms. The number of aliphatic imine (C=N–C) groups is 1. The molecular weight excluding hydrogens is 397 g/mol. The molecular formula is C20H23Cl2N5O. The summed E-state index contributed by atoms with van der Waals surface area (Å²) in [5.41, 5.74) is 2.63. The summed E-state index contributed by atoms with van der Waals surface area (Å²) in [6.07, 6.45) is -0.0621. The van der Waals surface area contributed by atoms with Gasteiger partial charge in [-0.3, -0.25) is 4.99 Å². The predicted molar refractivity (Wildman–Crippen MR) is 115 cm³/mol. The number of para-hydroxylation sites is 2. The molecule has 1 atom stereocenters. The SMILES string of the molecule is CCNC(=NCC(O)c1cc(Cl)cc(Cl)c1)NCCc1nc2ccccc2[nH]1. The standard InChI is InChI=1S/C20H23Cl2N5O/c1-2-23-20(25-12-18(28)13-9-14(21)11-15(22)10-13)24-8-7-19-26-16-5-3-4-6-17(16)27-19/h3-6,9-11,18,28H,2,7-8,12H2,1H3,(H,26,27)(H2,23,24,25). The van der Waals surface area contributed by atoms with Gasteiger partial charge in [-0.15, -0.1) is 0 Å². The number of aliphatic hydroxyl groups is 1. The molecule has 0 amide bonds. The lowest BCUT2D eigenvalue weighted by Crippen LogP contribution is -2.38. The number of H-pyrrole nitrogens is 1. The largest absolute Gasteiger partial charge is 0.386 e. The van der Waals surface area contributed by atoms with E-state index in [9.17, 15) is 5.11 Å². The Bertz CT molecular complexity index is 903. The molecule has 1 aromatic heterocycles. The van der Waals surface area contributed by atoms with Gasteiger partial charge in [-0.1, -0.05) is 35.3 Å². The van der Waals surface area contributed by atoms with E-state index in [1.165, 1.54) is 0 Å². The van der Waals surface area contributed by atoms with Crippen LogP contribution in [-0.4, -0.2) is 40.7 Å². The number of nitrogens with zero attached hydrogens (tertiary/aromatic N) is 2. The van der Waals surface area contributed by atoms with E-state index in [1.54, 1.807) is 18.2 Å². The number of aromatic nitrogens is 2. The molecule has 4 N–H and O–H groups in total. The maximum Gasteiger partial charge on any atom is 0.191 e. The molecule has 3 rings (SSSR count). The molecule has 0 spiro atoms. The van der Waals surface area contributed by atoms with E-state index in [0.717, 1.165) is 29.8 Å². The van der Waals surface area contributed by atoms with Gasteiger partial charge in [0.1, 0.15) is 5.82 Å². The molecule has 0 radical (unpaired) electrons. The second-order valence-corrected chi connectivity index (χ2v) is 7.19. The van der Waals surface area contributed by atoms with Crippen molar-refractivity contribution in [2.24, 2.45) is 4.99 Å². The first kappa shape index (κ1) is 20.5. The van der Waals surface area contributed by atoms with Crippen LogP contribution in [0.25, 0.3) is 11.0 Å². The van der Waals surface area contributed by atoms with Crippen molar-refractivity contribution >= 4 is 40.2 Å². The number of rotatable bonds is 7. The fraction of sp³-hybridized carbons (Fsp3) is 0.300. The molecule has 2 aromatic carbocycles. The summed E-state index contributed by atoms with van der Waals surface area (Å²) < 4.78 is 0. The molecule has 1 heterocycles. The summed E-state index contributed by atoms with van der Waals surface area (Å²) >= 11 is 12.0. The van der Waals surface area contributed by atoms with E-state index in [1.807, 2.05) is 31.2 Å². The third-order valence-electron chi connectivity index (χ3n) is 4.13. The maximum absolute atomic E-state index is 10.4. The van der Waals surface area contributed by atoms with Crippen molar-refractivity contribution in [2.45, 2.75) is 19.4 Å². The number of benzene rings is 2. The highest BCUT2D eigenvalue weighted by atomic mass is 35.5. The number of hydrogen-bond donors (Lipinski definition) is 4. The number of aliphatic hydroxyl groups excluding tert-OH is 1. The molecule has 0 saturated carbocycles. The summed E-state index contributed by atoms with van der Waals surface area (Å²) in [7, 11) is 0. The van der Waals surface area contributed by atoms with Crippen molar-refractivity contribution in [1.82, 2.24) is 20.6 Å². The fourth-order valence-electron chi connectivity index (χ4n) is 2.82. The van der Waals surface area contributed by atoms with Crippen LogP contribution in [0.3, 0.4) is 0 Å². The molecule has 28 heavy (non-hydrogen) atoms. The number of aromatic amines is 1. The van der Waals surface area contributed by atoms with E-state index in [0.29, 0.717) is 28.1 Å². The smallest absolute Gasteiger partial charge is 0.191 e. The Morgan fingerprint density at radius 1 is 1.18 bits per heavy atom. The Balaban J connectivity index is 1.57. The molecule has 3 aromatic rings. The molecule has 8 heteroatoms. The number of hydrogen-bond acceptors (Lipinski definition) is 3. The highest BCUT2D eigenvalue weighted by Crippen LogP contribution is 2.23. The van der Waals surface area contributed by atoms with E-state index in [2.05, 4.69) is 25.6 Å². The summed E-state index contributed by atoms with van der Waals surface area (Å²) in [6.45, 7) is 3.56. The van der Waals surface area contributed by atoms with Crippen molar-refractivity contribution in [1.29, 1.82) is 0 Å². The second kappa shape index (κ2) is 9.78. The fourth-order valence-corrected chi connectivity index (χ4v) is 3.36. The Hall–Kier alpha value is -2.28. The first-order chi connectivity index (χ1) is 13.5. The maximum atomic E-state index is 10.4. The molecule has 0 aliphatic rings. The minimum Gasteiger partial charge on any atom is -0.386 e. The topological polar surface area (TPSA) is 85.3 Å². The number of halogens is 2. The van der Waals surface area contributed by atoms with Gasteiger partial charge in [-0.05, 0) is 42.8 Å². The lowest BCUT2D eigenvalue weighted by Gasteiger charge is -2.13. The Morgan fingerprint density at radius 3 is 2.64 bits per heavy atom. The van der Waals surface area contributed by atoms with Gasteiger partial charge in [0.15, 0.2) is 5.96 Å². The Labute approximate surface area is 174 Å². The van der Waals surface area contributed by atoms with Gasteiger partial charge in [0, 0.05) is 29.6 Å². The van der Waals surface area contributed by atoms with Crippen molar-refractivity contribution in [3.8, 4) is 0 Å². The zero-order valence-corrected chi connectivity index (χ0v) is 17.1. The lowest BCUT2D eigenvalue weighted by atomic mass is 10.1. The van der Waals surface area contributed by atoms with Crippen LogP contribution >= 0.6 is 23.2 Å². The zero-order chi connectivity index (χ0) is 19.9. The summed E-state index contributed by atoms with van der Waals surface area (Å²) in [6, 6.07) is 13.0. The van der Waals surface area contributed by atoms with E-state index < -0.39 is 6.10 Å². The molecule has 0 aliphatic heterocycles. The lowest BCUT2D eigenvalue weighted by molar-refractivity contribution is 0.187. The van der Waals surface area contributed by atoms with Crippen LogP contribution in [-0.2, 0) is 6.42 Å². The highest BCUT2D eigenvalue weighted by molar-refractivity contribution is 6.34.